The van der Waals surface area contributed by atoms with Crippen molar-refractivity contribution in [2.45, 2.75) is 0 Å². The Kier molecular flexibility index (Phi) is 4.38. The number of rotatable bonds is 4. The van der Waals surface area contributed by atoms with Crippen molar-refractivity contribution >= 4 is 45.0 Å². The number of carbonyl (C=O) groups excluding carboxylic acids is 1. The van der Waals surface area contributed by atoms with Crippen LogP contribution in [0.15, 0.2) is 83.4 Å². The van der Waals surface area contributed by atoms with Crippen molar-refractivity contribution in [3.05, 3.63) is 89.4 Å². The molecule has 0 unspecified atom stereocenters. The van der Waals surface area contributed by atoms with E-state index >= 15 is 0 Å². The van der Waals surface area contributed by atoms with E-state index in [1.807, 2.05) is 41.8 Å². The first kappa shape index (κ1) is 17.3. The topological polar surface area (TPSA) is 70.1 Å². The van der Waals surface area contributed by atoms with E-state index in [4.69, 9.17) is 0 Å². The van der Waals surface area contributed by atoms with E-state index in [0.717, 1.165) is 32.0 Å². The molecule has 140 valence electrons. The van der Waals surface area contributed by atoms with Crippen molar-refractivity contribution in [1.82, 2.24) is 15.6 Å². The van der Waals surface area contributed by atoms with Crippen LogP contribution in [0.5, 0.6) is 0 Å². The number of nitrogens with one attached hydrogen (secondary N) is 2. The fourth-order valence-electron chi connectivity index (χ4n) is 3.47. The van der Waals surface area contributed by atoms with Gasteiger partial charge >= 0.3 is 0 Å². The summed E-state index contributed by atoms with van der Waals surface area (Å²) in [7, 11) is 0. The number of benzene rings is 3. The predicted octanol–water partition coefficient (Wildman–Crippen LogP) is 5.21. The molecule has 2 N–H and O–H groups in total. The molecule has 0 atom stereocenters. The van der Waals surface area contributed by atoms with Crippen LogP contribution >= 0.6 is 11.3 Å². The standard InChI is InChI=1S/C23H16N4OS/c28-23(20-14-24-26-22(20)21-10-5-11-29-21)27-25-13-19-17-8-3-1-6-15(17)12-16-7-2-4-9-18(16)19/h1-14H,(H,24,26)(H,27,28). The number of hydrogen-bond acceptors (Lipinski definition) is 4. The Morgan fingerprint density at radius 3 is 2.41 bits per heavy atom. The third kappa shape index (κ3) is 3.19. The number of carbonyl (C=O) groups is 1. The van der Waals surface area contributed by atoms with Crippen molar-refractivity contribution in [2.24, 2.45) is 5.10 Å². The first-order valence-corrected chi connectivity index (χ1v) is 10.0. The summed E-state index contributed by atoms with van der Waals surface area (Å²) in [5.41, 5.74) is 4.78. The van der Waals surface area contributed by atoms with Crippen LogP contribution in [0.1, 0.15) is 15.9 Å². The molecule has 3 aromatic carbocycles. The second-order valence-corrected chi connectivity index (χ2v) is 7.52. The fourth-order valence-corrected chi connectivity index (χ4v) is 4.20. The number of thiophene rings is 1. The van der Waals surface area contributed by atoms with Crippen LogP contribution in [-0.2, 0) is 0 Å². The van der Waals surface area contributed by atoms with E-state index in [1.54, 1.807) is 17.6 Å². The monoisotopic (exact) mass is 396 g/mol. The third-order valence-electron chi connectivity index (χ3n) is 4.82. The molecule has 6 heteroatoms. The number of H-pyrrole nitrogens is 1. The van der Waals surface area contributed by atoms with Crippen molar-refractivity contribution in [3.63, 3.8) is 0 Å². The van der Waals surface area contributed by atoms with Crippen molar-refractivity contribution in [1.29, 1.82) is 0 Å². The highest BCUT2D eigenvalue weighted by atomic mass is 32.1. The molecule has 29 heavy (non-hydrogen) atoms. The Balaban J connectivity index is 1.49. The Morgan fingerprint density at radius 1 is 1.00 bits per heavy atom. The lowest BCUT2D eigenvalue weighted by Gasteiger charge is -2.08. The molecule has 2 aromatic heterocycles. The van der Waals surface area contributed by atoms with Crippen LogP contribution in [0.3, 0.4) is 0 Å². The van der Waals surface area contributed by atoms with Gasteiger partial charge in [0.25, 0.3) is 5.91 Å². The predicted molar refractivity (Wildman–Crippen MR) is 118 cm³/mol. The Bertz CT molecular complexity index is 1300. The number of hydrazone groups is 1. The molecule has 0 fully saturated rings. The van der Waals surface area contributed by atoms with Gasteiger partial charge in [0, 0.05) is 5.56 Å². The molecule has 0 spiro atoms. The third-order valence-corrected chi connectivity index (χ3v) is 5.71. The van der Waals surface area contributed by atoms with E-state index < -0.39 is 0 Å². The lowest BCUT2D eigenvalue weighted by molar-refractivity contribution is 0.0956. The van der Waals surface area contributed by atoms with E-state index in [-0.39, 0.29) is 5.91 Å². The summed E-state index contributed by atoms with van der Waals surface area (Å²) in [5, 5.41) is 17.6. The number of aromatic amines is 1. The number of aromatic nitrogens is 2. The zero-order chi connectivity index (χ0) is 19.6. The van der Waals surface area contributed by atoms with E-state index in [0.29, 0.717) is 11.3 Å². The minimum atomic E-state index is -0.303. The number of amides is 1. The van der Waals surface area contributed by atoms with Crippen LogP contribution in [0, 0.1) is 0 Å². The average molecular weight is 396 g/mol. The van der Waals surface area contributed by atoms with Gasteiger partial charge in [0.05, 0.1) is 28.5 Å². The maximum atomic E-state index is 12.7. The van der Waals surface area contributed by atoms with Gasteiger partial charge in [-0.1, -0.05) is 54.6 Å². The van der Waals surface area contributed by atoms with Crippen molar-refractivity contribution in [2.75, 3.05) is 0 Å². The second kappa shape index (κ2) is 7.33. The molecule has 2 heterocycles. The Morgan fingerprint density at radius 2 is 1.72 bits per heavy atom. The summed E-state index contributed by atoms with van der Waals surface area (Å²) < 4.78 is 0. The normalized spacial score (nSPS) is 11.4. The van der Waals surface area contributed by atoms with E-state index in [1.165, 1.54) is 6.20 Å². The minimum absolute atomic E-state index is 0.303. The number of fused-ring (bicyclic) bond motifs is 2. The lowest BCUT2D eigenvalue weighted by Crippen LogP contribution is -2.17. The van der Waals surface area contributed by atoms with Gasteiger partial charge in [-0.15, -0.1) is 11.3 Å². The van der Waals surface area contributed by atoms with Gasteiger partial charge in [0.2, 0.25) is 0 Å². The maximum Gasteiger partial charge on any atom is 0.275 e. The second-order valence-electron chi connectivity index (χ2n) is 6.57. The largest absolute Gasteiger partial charge is 0.276 e. The number of nitrogens with zero attached hydrogens (tertiary/aromatic N) is 2. The van der Waals surface area contributed by atoms with Gasteiger partial charge in [0.1, 0.15) is 0 Å². The molecule has 0 saturated carbocycles. The summed E-state index contributed by atoms with van der Waals surface area (Å²) in [5.74, 6) is -0.303. The highest BCUT2D eigenvalue weighted by Crippen LogP contribution is 2.28. The lowest BCUT2D eigenvalue weighted by atomic mass is 9.97. The first-order valence-electron chi connectivity index (χ1n) is 9.12. The highest BCUT2D eigenvalue weighted by molar-refractivity contribution is 7.13. The van der Waals surface area contributed by atoms with Gasteiger partial charge in [0.15, 0.2) is 0 Å². The van der Waals surface area contributed by atoms with Crippen molar-refractivity contribution < 1.29 is 4.79 Å². The van der Waals surface area contributed by atoms with Gasteiger partial charge in [-0.3, -0.25) is 9.89 Å². The van der Waals surface area contributed by atoms with Crippen molar-refractivity contribution in [3.8, 4) is 10.6 Å². The van der Waals surface area contributed by atoms with Gasteiger partial charge < -0.3 is 0 Å². The van der Waals surface area contributed by atoms with Gasteiger partial charge in [-0.05, 0) is 39.1 Å². The summed E-state index contributed by atoms with van der Waals surface area (Å²) in [6.45, 7) is 0. The zero-order valence-corrected chi connectivity index (χ0v) is 16.1. The van der Waals surface area contributed by atoms with E-state index in [9.17, 15) is 4.79 Å². The Hall–Kier alpha value is -3.77. The summed E-state index contributed by atoms with van der Waals surface area (Å²) in [4.78, 5) is 13.6. The SMILES string of the molecule is O=C(NN=Cc1c2ccccc2cc2ccccc12)c1cn[nH]c1-c1cccs1. The quantitative estimate of drug-likeness (QED) is 0.249. The van der Waals surface area contributed by atoms with Gasteiger partial charge in [-0.25, -0.2) is 5.43 Å². The summed E-state index contributed by atoms with van der Waals surface area (Å²) in [6, 6.07) is 22.4. The van der Waals surface area contributed by atoms with Crippen LogP contribution in [-0.4, -0.2) is 22.3 Å². The minimum Gasteiger partial charge on any atom is -0.276 e. The summed E-state index contributed by atoms with van der Waals surface area (Å²) in [6.07, 6.45) is 3.24. The molecule has 5 rings (SSSR count). The molecule has 5 aromatic rings. The molecule has 5 nitrogen and oxygen atoms in total. The molecule has 1 amide bonds. The molecule has 0 aliphatic carbocycles. The average Bonchev–Trinajstić information content (AvgIpc) is 3.44. The molecule has 0 aliphatic rings. The smallest absolute Gasteiger partial charge is 0.275 e. The molecule has 0 bridgehead atoms. The van der Waals surface area contributed by atoms with Crippen LogP contribution in [0.25, 0.3) is 32.1 Å². The number of hydrogen-bond donors (Lipinski definition) is 2. The summed E-state index contributed by atoms with van der Waals surface area (Å²) >= 11 is 1.55. The fraction of sp³-hybridized carbons (Fsp3) is 0. The molecule has 0 radical (unpaired) electrons. The van der Waals surface area contributed by atoms with Crippen LogP contribution in [0.4, 0.5) is 0 Å². The maximum absolute atomic E-state index is 12.7. The Labute approximate surface area is 170 Å². The zero-order valence-electron chi connectivity index (χ0n) is 15.3. The van der Waals surface area contributed by atoms with E-state index in [2.05, 4.69) is 51.1 Å². The highest BCUT2D eigenvalue weighted by Gasteiger charge is 2.15. The van der Waals surface area contributed by atoms with Crippen LogP contribution in [0.2, 0.25) is 0 Å². The van der Waals surface area contributed by atoms with Gasteiger partial charge in [-0.2, -0.15) is 10.2 Å². The molecular weight excluding hydrogens is 380 g/mol. The molecule has 0 aliphatic heterocycles. The molecular formula is C23H16N4OS. The first-order chi connectivity index (χ1) is 14.3. The van der Waals surface area contributed by atoms with Crippen LogP contribution < -0.4 is 5.43 Å². The molecule has 0 saturated heterocycles.